The fourth-order valence-electron chi connectivity index (χ4n) is 2.32. The van der Waals surface area contributed by atoms with Crippen molar-refractivity contribution in [1.82, 2.24) is 10.3 Å². The van der Waals surface area contributed by atoms with Crippen LogP contribution in [0.2, 0.25) is 0 Å². The molecule has 1 amide bonds. The third kappa shape index (κ3) is 5.80. The van der Waals surface area contributed by atoms with Crippen molar-refractivity contribution in [1.29, 1.82) is 0 Å². The molecule has 0 unspecified atom stereocenters. The lowest BCUT2D eigenvalue weighted by Gasteiger charge is -1.96. The van der Waals surface area contributed by atoms with Gasteiger partial charge in [-0.3, -0.25) is 4.79 Å². The van der Waals surface area contributed by atoms with Gasteiger partial charge in [-0.25, -0.2) is 0 Å². The van der Waals surface area contributed by atoms with Crippen LogP contribution in [0.15, 0.2) is 53.1 Å². The summed E-state index contributed by atoms with van der Waals surface area (Å²) in [5.41, 5.74) is 2.31. The number of nitrogens with one attached hydrogen (secondary N) is 2. The van der Waals surface area contributed by atoms with E-state index in [0.29, 0.717) is 13.0 Å². The van der Waals surface area contributed by atoms with E-state index >= 15 is 0 Å². The summed E-state index contributed by atoms with van der Waals surface area (Å²) in [7, 11) is 0. The first-order valence-electron chi connectivity index (χ1n) is 7.61. The molecule has 1 heterocycles. The Kier molecular flexibility index (Phi) is 6.70. The van der Waals surface area contributed by atoms with Gasteiger partial charge < -0.3 is 10.3 Å². The number of allylic oxidation sites excluding steroid dienone is 6. The Morgan fingerprint density at radius 3 is 3.00 bits per heavy atom. The highest BCUT2D eigenvalue weighted by atomic mass is 35.5. The Balaban J connectivity index is 0.000000168. The Morgan fingerprint density at radius 1 is 1.30 bits per heavy atom. The second-order valence-electron chi connectivity index (χ2n) is 5.30. The summed E-state index contributed by atoms with van der Waals surface area (Å²) in [4.78, 5) is 13.2. The van der Waals surface area contributed by atoms with Crippen LogP contribution in [0.25, 0.3) is 12.2 Å². The van der Waals surface area contributed by atoms with Gasteiger partial charge in [0.05, 0.1) is 0 Å². The summed E-state index contributed by atoms with van der Waals surface area (Å²) in [5, 5.41) is 5.79. The number of rotatable bonds is 3. The molecule has 0 aromatic carbocycles. The number of halogens is 1. The Bertz CT molecular complexity index is 779. The van der Waals surface area contributed by atoms with E-state index in [9.17, 15) is 4.79 Å². The molecule has 4 heteroatoms. The Hall–Kier alpha value is -2.26. The van der Waals surface area contributed by atoms with E-state index in [1.807, 2.05) is 37.3 Å². The smallest absolute Gasteiger partial charge is 0.207 e. The zero-order valence-corrected chi connectivity index (χ0v) is 13.9. The fraction of sp³-hybridized carbons (Fsp3) is 0.211. The summed E-state index contributed by atoms with van der Waals surface area (Å²) < 4.78 is 0. The van der Waals surface area contributed by atoms with Crippen molar-refractivity contribution in [3.05, 3.63) is 69.4 Å². The minimum atomic E-state index is 0.615. The van der Waals surface area contributed by atoms with Gasteiger partial charge in [-0.15, -0.1) is 0 Å². The average molecular weight is 329 g/mol. The monoisotopic (exact) mass is 328 g/mol. The number of hydrogen-bond donors (Lipinski definition) is 2. The Labute approximate surface area is 141 Å². The van der Waals surface area contributed by atoms with Gasteiger partial charge in [-0.1, -0.05) is 54.1 Å². The quantitative estimate of drug-likeness (QED) is 0.823. The van der Waals surface area contributed by atoms with Crippen molar-refractivity contribution in [3.8, 4) is 0 Å². The topological polar surface area (TPSA) is 44.9 Å². The molecule has 0 spiro atoms. The molecule has 0 radical (unpaired) electrons. The van der Waals surface area contributed by atoms with Crippen molar-refractivity contribution < 1.29 is 4.79 Å². The molecule has 0 atom stereocenters. The number of carbonyl (C=O) groups is 1. The minimum Gasteiger partial charge on any atom is -0.359 e. The maximum atomic E-state index is 9.95. The van der Waals surface area contributed by atoms with Crippen LogP contribution in [0.4, 0.5) is 0 Å². The van der Waals surface area contributed by atoms with Crippen LogP contribution < -0.4 is 15.9 Å². The van der Waals surface area contributed by atoms with Crippen LogP contribution in [-0.4, -0.2) is 17.9 Å². The first-order valence-corrected chi connectivity index (χ1v) is 7.99. The van der Waals surface area contributed by atoms with E-state index in [2.05, 4.69) is 34.6 Å². The van der Waals surface area contributed by atoms with Gasteiger partial charge in [0.2, 0.25) is 6.41 Å². The lowest BCUT2D eigenvalue weighted by atomic mass is 10.2. The Morgan fingerprint density at radius 2 is 2.17 bits per heavy atom. The van der Waals surface area contributed by atoms with Gasteiger partial charge in [0, 0.05) is 22.6 Å². The normalized spacial score (nSPS) is 15.4. The molecule has 1 aromatic rings. The van der Waals surface area contributed by atoms with Crippen LogP contribution in [0.3, 0.4) is 0 Å². The average Bonchev–Trinajstić information content (AvgIpc) is 2.73. The summed E-state index contributed by atoms with van der Waals surface area (Å²) in [6.07, 6.45) is 18.9. The molecule has 0 fully saturated rings. The van der Waals surface area contributed by atoms with Crippen molar-refractivity contribution >= 4 is 30.2 Å². The first kappa shape index (κ1) is 17.1. The summed E-state index contributed by atoms with van der Waals surface area (Å²) in [6, 6.07) is 2.13. The predicted molar refractivity (Wildman–Crippen MR) is 97.3 cm³/mol. The van der Waals surface area contributed by atoms with E-state index in [0.717, 1.165) is 28.8 Å². The van der Waals surface area contributed by atoms with Gasteiger partial charge in [-0.2, -0.15) is 0 Å². The highest BCUT2D eigenvalue weighted by Gasteiger charge is 1.95. The van der Waals surface area contributed by atoms with Gasteiger partial charge in [0.1, 0.15) is 0 Å². The maximum absolute atomic E-state index is 9.95. The number of aryl methyl sites for hydroxylation is 1. The number of fused-ring (bicyclic) bond motifs is 1. The highest BCUT2D eigenvalue weighted by Crippen LogP contribution is 2.05. The van der Waals surface area contributed by atoms with Gasteiger partial charge in [0.25, 0.3) is 0 Å². The molecule has 2 N–H and O–H groups in total. The van der Waals surface area contributed by atoms with Gasteiger partial charge >= 0.3 is 0 Å². The number of carbonyl (C=O) groups excluding carboxylic acids is 1. The minimum absolute atomic E-state index is 0.615. The first-order chi connectivity index (χ1) is 11.2. The standard InChI is InChI=1S/C10H10ClN.C9H11NO/c1-7-5-8-3-2-4-9(11)6-10(8)12-7;11-8-10-7-9-5-3-1-2-4-6-9/h3-6,12H,2H2,1H3;1,3-6,8H,2,7H2,(H,10,11). The number of aromatic nitrogens is 1. The number of aromatic amines is 1. The highest BCUT2D eigenvalue weighted by molar-refractivity contribution is 6.34. The summed E-state index contributed by atoms with van der Waals surface area (Å²) in [6.45, 7) is 2.66. The molecule has 0 aliphatic heterocycles. The molecular weight excluding hydrogens is 308 g/mol. The lowest BCUT2D eigenvalue weighted by molar-refractivity contribution is -0.109. The third-order valence-electron chi connectivity index (χ3n) is 3.39. The van der Waals surface area contributed by atoms with Crippen LogP contribution in [0, 0.1) is 6.92 Å². The third-order valence-corrected chi connectivity index (χ3v) is 3.65. The maximum Gasteiger partial charge on any atom is 0.207 e. The molecule has 2 aliphatic rings. The molecule has 3 nitrogen and oxygen atoms in total. The SMILES string of the molecule is Cc1cc2c([nH]1)=CC(Cl)=CCC=2.O=CNCC1=CC=CCC=C1. The van der Waals surface area contributed by atoms with Crippen LogP contribution >= 0.6 is 11.6 Å². The van der Waals surface area contributed by atoms with Crippen molar-refractivity contribution in [3.63, 3.8) is 0 Å². The molecule has 3 rings (SSSR count). The molecule has 1 aromatic heterocycles. The second-order valence-corrected chi connectivity index (χ2v) is 5.74. The van der Waals surface area contributed by atoms with Crippen molar-refractivity contribution in [2.45, 2.75) is 19.8 Å². The molecule has 23 heavy (non-hydrogen) atoms. The largest absolute Gasteiger partial charge is 0.359 e. The zero-order chi connectivity index (χ0) is 16.5. The predicted octanol–water partition coefficient (Wildman–Crippen LogP) is 2.59. The van der Waals surface area contributed by atoms with E-state index < -0.39 is 0 Å². The van der Waals surface area contributed by atoms with E-state index in [1.165, 1.54) is 10.9 Å². The van der Waals surface area contributed by atoms with Gasteiger partial charge in [0.15, 0.2) is 0 Å². The molecular formula is C19H21ClN2O. The van der Waals surface area contributed by atoms with E-state index in [4.69, 9.17) is 11.6 Å². The summed E-state index contributed by atoms with van der Waals surface area (Å²) in [5.74, 6) is 0. The molecule has 0 saturated heterocycles. The second kappa shape index (κ2) is 9.01. The molecule has 2 aliphatic carbocycles. The lowest BCUT2D eigenvalue weighted by Crippen LogP contribution is -2.21. The fourth-order valence-corrected chi connectivity index (χ4v) is 2.51. The molecule has 0 saturated carbocycles. The van der Waals surface area contributed by atoms with E-state index in [-0.39, 0.29) is 0 Å². The zero-order valence-electron chi connectivity index (χ0n) is 13.2. The van der Waals surface area contributed by atoms with Gasteiger partial charge in [-0.05, 0) is 42.7 Å². The van der Waals surface area contributed by atoms with Crippen LogP contribution in [0.1, 0.15) is 18.5 Å². The van der Waals surface area contributed by atoms with Crippen molar-refractivity contribution in [2.75, 3.05) is 6.54 Å². The van der Waals surface area contributed by atoms with Crippen LogP contribution in [0.5, 0.6) is 0 Å². The summed E-state index contributed by atoms with van der Waals surface area (Å²) >= 11 is 5.92. The number of hydrogen-bond acceptors (Lipinski definition) is 1. The van der Waals surface area contributed by atoms with Crippen LogP contribution in [-0.2, 0) is 4.79 Å². The van der Waals surface area contributed by atoms with Crippen molar-refractivity contribution in [2.24, 2.45) is 0 Å². The molecule has 0 bridgehead atoms. The number of H-pyrrole nitrogens is 1. The molecule has 120 valence electrons. The van der Waals surface area contributed by atoms with E-state index in [1.54, 1.807) is 0 Å². The number of amides is 1.